The van der Waals surface area contributed by atoms with Crippen LogP contribution >= 0.6 is 0 Å². The van der Waals surface area contributed by atoms with Crippen molar-refractivity contribution in [3.63, 3.8) is 0 Å². The van der Waals surface area contributed by atoms with Crippen LogP contribution in [0.3, 0.4) is 0 Å². The number of aliphatic hydroxyl groups excluding tert-OH is 1. The van der Waals surface area contributed by atoms with Crippen molar-refractivity contribution in [3.05, 3.63) is 32.9 Å². The minimum absolute atomic E-state index is 0. The van der Waals surface area contributed by atoms with Crippen LogP contribution in [0.15, 0.2) is 0 Å². The standard InChI is InChI=1S/C3H10N2O.5CN.Fe/c4-1-3(6)2-5;5*1-2;/h3,6H,1-2,4-5H2;;;;;;/q;5*-1;+5. The van der Waals surface area contributed by atoms with Crippen molar-refractivity contribution in [3.8, 4) is 0 Å². The van der Waals surface area contributed by atoms with Crippen molar-refractivity contribution < 1.29 is 22.2 Å². The first-order valence-corrected chi connectivity index (χ1v) is 3.01. The molecular weight excluding hydrogens is 266 g/mol. The Hall–Kier alpha value is -2.15. The van der Waals surface area contributed by atoms with Crippen molar-refractivity contribution in [1.82, 2.24) is 0 Å². The zero-order valence-electron chi connectivity index (χ0n) is 8.68. The van der Waals surface area contributed by atoms with Crippen LogP contribution in [0.2, 0.25) is 0 Å². The van der Waals surface area contributed by atoms with E-state index in [1.165, 1.54) is 0 Å². The molecule has 5 N–H and O–H groups in total. The van der Waals surface area contributed by atoms with E-state index in [1.54, 1.807) is 0 Å². The summed E-state index contributed by atoms with van der Waals surface area (Å²) in [7, 11) is 0. The summed E-state index contributed by atoms with van der Waals surface area (Å²) in [6.45, 7) is 24.3. The van der Waals surface area contributed by atoms with E-state index in [4.69, 9.17) is 75.7 Å². The van der Waals surface area contributed by atoms with Crippen molar-refractivity contribution in [2.24, 2.45) is 11.5 Å². The molecule has 0 rings (SSSR count). The van der Waals surface area contributed by atoms with Gasteiger partial charge in [0.1, 0.15) is 0 Å². The summed E-state index contributed by atoms with van der Waals surface area (Å²) in [6, 6.07) is 0. The molecule has 17 heavy (non-hydrogen) atoms. The van der Waals surface area contributed by atoms with Gasteiger partial charge in [0.2, 0.25) is 0 Å². The van der Waals surface area contributed by atoms with E-state index in [-0.39, 0.29) is 30.2 Å². The summed E-state index contributed by atoms with van der Waals surface area (Å²) < 4.78 is 0. The monoisotopic (exact) mass is 276 g/mol. The molecule has 0 unspecified atom stereocenters. The quantitative estimate of drug-likeness (QED) is 0.410. The fourth-order valence-corrected chi connectivity index (χ4v) is 0.0962. The molecule has 0 fully saturated rings. The van der Waals surface area contributed by atoms with Crippen LogP contribution in [0.5, 0.6) is 0 Å². The van der Waals surface area contributed by atoms with Gasteiger partial charge in [0.25, 0.3) is 0 Å². The van der Waals surface area contributed by atoms with Crippen molar-refractivity contribution >= 4 is 0 Å². The average molecular weight is 276 g/mol. The Morgan fingerprint density at radius 2 is 0.824 bits per heavy atom. The third kappa shape index (κ3) is 569. The number of nitrogens with zero attached hydrogens (tertiary/aromatic N) is 5. The van der Waals surface area contributed by atoms with E-state index in [2.05, 4.69) is 0 Å². The van der Waals surface area contributed by atoms with Gasteiger partial charge in [0.15, 0.2) is 0 Å². The van der Waals surface area contributed by atoms with Crippen LogP contribution in [0, 0.1) is 59.2 Å². The van der Waals surface area contributed by atoms with E-state index in [9.17, 15) is 0 Å². The second-order valence-electron chi connectivity index (χ2n) is 1.13. The summed E-state index contributed by atoms with van der Waals surface area (Å²) in [6.07, 6.45) is -0.509. The summed E-state index contributed by atoms with van der Waals surface area (Å²) in [5.74, 6) is 0. The molecular formula is C8H10FeN7O. The Balaban J connectivity index is -0.0000000158. The SMILES string of the molecule is NCC(O)CN.[C-]#N.[C-]#N.[C-]#N.[C-]#N.[C-]#N.[Fe+5]. The van der Waals surface area contributed by atoms with E-state index < -0.39 is 6.10 Å². The molecule has 9 heteroatoms. The van der Waals surface area contributed by atoms with Crippen LogP contribution in [0.4, 0.5) is 0 Å². The smallest absolute Gasteiger partial charge is 0.512 e. The second kappa shape index (κ2) is 282. The van der Waals surface area contributed by atoms with E-state index in [0.29, 0.717) is 0 Å². The number of hydrogen-bond donors (Lipinski definition) is 3. The van der Waals surface area contributed by atoms with E-state index >= 15 is 0 Å². The maximum absolute atomic E-state index is 8.42. The van der Waals surface area contributed by atoms with Gasteiger partial charge < -0.3 is 75.7 Å². The molecule has 8 nitrogen and oxygen atoms in total. The Kier molecular flexibility index (Phi) is 766. The van der Waals surface area contributed by atoms with Crippen LogP contribution in [0.25, 0.3) is 0 Å². The van der Waals surface area contributed by atoms with Gasteiger partial charge in [-0.25, -0.2) is 0 Å². The molecule has 0 heterocycles. The zero-order valence-corrected chi connectivity index (χ0v) is 9.79. The van der Waals surface area contributed by atoms with Gasteiger partial charge in [-0.1, -0.05) is 0 Å². The largest absolute Gasteiger partial charge is 5.00 e. The molecule has 91 valence electrons. The Morgan fingerprint density at radius 1 is 0.706 bits per heavy atom. The number of rotatable bonds is 2. The fraction of sp³-hybridized carbons (Fsp3) is 0.375. The molecule has 0 aliphatic carbocycles. The maximum atomic E-state index is 8.42. The van der Waals surface area contributed by atoms with Crippen molar-refractivity contribution in [1.29, 1.82) is 26.3 Å². The Bertz CT molecular complexity index is 136. The molecule has 0 aliphatic heterocycles. The zero-order chi connectivity index (χ0) is 15.0. The molecule has 0 spiro atoms. The number of nitrogens with two attached hydrogens (primary N) is 2. The van der Waals surface area contributed by atoms with Gasteiger partial charge in [0, 0.05) is 13.1 Å². The average Bonchev–Trinajstić information content (AvgIpc) is 2.48. The summed E-state index contributed by atoms with van der Waals surface area (Å²) >= 11 is 0. The predicted molar refractivity (Wildman–Crippen MR) is 49.0 cm³/mol. The first-order valence-electron chi connectivity index (χ1n) is 3.01. The number of hydrogen-bond acceptors (Lipinski definition) is 8. The summed E-state index contributed by atoms with van der Waals surface area (Å²) in [5.41, 5.74) is 9.91. The Labute approximate surface area is 112 Å². The van der Waals surface area contributed by atoms with Gasteiger partial charge in [-0.15, -0.1) is 0 Å². The molecule has 1 radical (unpaired) electrons. The molecule has 0 atom stereocenters. The fourth-order valence-electron chi connectivity index (χ4n) is 0.0962. The first-order chi connectivity index (χ1) is 7.81. The predicted octanol–water partition coefficient (Wildman–Crippen LogP) is -1.26. The third-order valence-corrected chi connectivity index (χ3v) is 0.544. The van der Waals surface area contributed by atoms with E-state index in [1.807, 2.05) is 0 Å². The minimum Gasteiger partial charge on any atom is -0.512 e. The molecule has 0 saturated heterocycles. The van der Waals surface area contributed by atoms with Crippen LogP contribution in [-0.4, -0.2) is 24.3 Å². The first kappa shape index (κ1) is 46.2. The normalized spacial score (nSPS) is 4.12. The molecule has 0 bridgehead atoms. The van der Waals surface area contributed by atoms with Crippen molar-refractivity contribution in [2.45, 2.75) is 6.10 Å². The maximum Gasteiger partial charge on any atom is 5.00 e. The van der Waals surface area contributed by atoms with Crippen LogP contribution in [0.1, 0.15) is 0 Å². The van der Waals surface area contributed by atoms with Gasteiger partial charge in [-0.3, -0.25) is 0 Å². The van der Waals surface area contributed by atoms with Gasteiger partial charge in [0.05, 0.1) is 6.10 Å². The van der Waals surface area contributed by atoms with Crippen LogP contribution < -0.4 is 11.5 Å². The molecule has 0 aliphatic rings. The molecule has 0 aromatic carbocycles. The molecule has 0 amide bonds. The van der Waals surface area contributed by atoms with Gasteiger partial charge in [-0.2, -0.15) is 0 Å². The number of aliphatic hydroxyl groups is 1. The van der Waals surface area contributed by atoms with Crippen molar-refractivity contribution in [2.75, 3.05) is 13.1 Å². The van der Waals surface area contributed by atoms with Gasteiger partial charge in [-0.05, 0) is 0 Å². The van der Waals surface area contributed by atoms with E-state index in [0.717, 1.165) is 0 Å². The van der Waals surface area contributed by atoms with Gasteiger partial charge >= 0.3 is 17.1 Å². The summed E-state index contributed by atoms with van der Waals surface area (Å²) in [5, 5.41) is 39.7. The minimum atomic E-state index is -0.509. The topological polar surface area (TPSA) is 191 Å². The van der Waals surface area contributed by atoms with Crippen LogP contribution in [-0.2, 0) is 17.1 Å². The molecule has 0 saturated carbocycles. The summed E-state index contributed by atoms with van der Waals surface area (Å²) in [4.78, 5) is 0. The second-order valence-corrected chi connectivity index (χ2v) is 1.13. The molecule has 0 aromatic heterocycles. The molecule has 0 aromatic rings. The third-order valence-electron chi connectivity index (χ3n) is 0.544. The Morgan fingerprint density at radius 3 is 0.824 bits per heavy atom.